The summed E-state index contributed by atoms with van der Waals surface area (Å²) >= 11 is 0. The van der Waals surface area contributed by atoms with Crippen molar-refractivity contribution in [3.63, 3.8) is 0 Å². The second-order valence-corrected chi connectivity index (χ2v) is 7.07. The van der Waals surface area contributed by atoms with E-state index in [9.17, 15) is 9.18 Å². The first-order chi connectivity index (χ1) is 12.5. The normalized spacial score (nSPS) is 18.9. The summed E-state index contributed by atoms with van der Waals surface area (Å²) in [5.41, 5.74) is 1.09. The van der Waals surface area contributed by atoms with Crippen LogP contribution < -0.4 is 0 Å². The number of aromatic nitrogens is 4. The molecule has 0 spiro atoms. The number of nitrogens with zero attached hydrogens (tertiary/aromatic N) is 6. The van der Waals surface area contributed by atoms with Gasteiger partial charge in [-0.3, -0.25) is 9.69 Å². The molecule has 7 nitrogen and oxygen atoms in total. The fraction of sp³-hybridized carbons (Fsp3) is 0.556. The Morgan fingerprint density at radius 2 is 2.04 bits per heavy atom. The Morgan fingerprint density at radius 3 is 2.69 bits per heavy atom. The van der Waals surface area contributed by atoms with Gasteiger partial charge in [0.2, 0.25) is 5.91 Å². The lowest BCUT2D eigenvalue weighted by Crippen LogP contribution is -2.46. The van der Waals surface area contributed by atoms with E-state index in [2.05, 4.69) is 34.2 Å². The summed E-state index contributed by atoms with van der Waals surface area (Å²) in [5, 5.41) is 11.3. The third kappa shape index (κ3) is 4.63. The van der Waals surface area contributed by atoms with Crippen LogP contribution in [0.15, 0.2) is 30.6 Å². The topological polar surface area (TPSA) is 67.2 Å². The maximum Gasteiger partial charge on any atom is 0.246 e. The maximum atomic E-state index is 13.2. The first-order valence-corrected chi connectivity index (χ1v) is 9.00. The van der Waals surface area contributed by atoms with Crippen molar-refractivity contribution in [2.24, 2.45) is 5.92 Å². The quantitative estimate of drug-likeness (QED) is 0.810. The number of benzene rings is 1. The minimum Gasteiger partial charge on any atom is -0.339 e. The van der Waals surface area contributed by atoms with Crippen molar-refractivity contribution < 1.29 is 9.18 Å². The molecular weight excluding hydrogens is 335 g/mol. The standard InChI is InChI=1S/C18H25FN6O/c1-14(2)17-11-24(18(26)12-25-21-13-20-22-25)9-3-8-23(17)10-15-4-6-16(19)7-5-15/h4-7,13-14,17H,3,8-12H2,1-2H3. The van der Waals surface area contributed by atoms with Gasteiger partial charge in [-0.1, -0.05) is 26.0 Å². The molecule has 2 heterocycles. The lowest BCUT2D eigenvalue weighted by molar-refractivity contribution is -0.132. The number of halogens is 1. The average Bonchev–Trinajstić information content (AvgIpc) is 3.02. The zero-order valence-electron chi connectivity index (χ0n) is 15.3. The molecule has 1 aromatic heterocycles. The van der Waals surface area contributed by atoms with E-state index in [1.807, 2.05) is 17.0 Å². The molecule has 26 heavy (non-hydrogen) atoms. The zero-order valence-corrected chi connectivity index (χ0v) is 15.3. The Kier molecular flexibility index (Phi) is 5.92. The second kappa shape index (κ2) is 8.35. The molecule has 1 amide bonds. The average molecular weight is 360 g/mol. The largest absolute Gasteiger partial charge is 0.339 e. The van der Waals surface area contributed by atoms with Gasteiger partial charge in [0.1, 0.15) is 12.4 Å². The number of carbonyl (C=O) groups excluding carboxylic acids is 1. The lowest BCUT2D eigenvalue weighted by atomic mass is 10.0. The Balaban J connectivity index is 1.68. The van der Waals surface area contributed by atoms with Gasteiger partial charge >= 0.3 is 0 Å². The molecule has 0 bridgehead atoms. The molecule has 1 aromatic carbocycles. The number of tetrazole rings is 1. The summed E-state index contributed by atoms with van der Waals surface area (Å²) in [6.07, 6.45) is 2.23. The van der Waals surface area contributed by atoms with Gasteiger partial charge in [0.25, 0.3) is 0 Å². The van der Waals surface area contributed by atoms with Crippen molar-refractivity contribution in [3.8, 4) is 0 Å². The number of carbonyl (C=O) groups is 1. The van der Waals surface area contributed by atoms with Crippen LogP contribution >= 0.6 is 0 Å². The lowest BCUT2D eigenvalue weighted by Gasteiger charge is -2.34. The van der Waals surface area contributed by atoms with Gasteiger partial charge in [-0.2, -0.15) is 4.80 Å². The fourth-order valence-electron chi connectivity index (χ4n) is 3.42. The van der Waals surface area contributed by atoms with E-state index in [4.69, 9.17) is 0 Å². The van der Waals surface area contributed by atoms with Crippen LogP contribution in [0.4, 0.5) is 4.39 Å². The summed E-state index contributed by atoms with van der Waals surface area (Å²) < 4.78 is 13.2. The SMILES string of the molecule is CC(C)C1CN(C(=O)Cn2ncnn2)CCCN1Cc1ccc(F)cc1. The molecule has 0 aliphatic carbocycles. The highest BCUT2D eigenvalue weighted by molar-refractivity contribution is 5.75. The van der Waals surface area contributed by atoms with Crippen molar-refractivity contribution in [1.82, 2.24) is 30.0 Å². The van der Waals surface area contributed by atoms with E-state index in [1.54, 1.807) is 0 Å². The van der Waals surface area contributed by atoms with Crippen molar-refractivity contribution >= 4 is 5.91 Å². The highest BCUT2D eigenvalue weighted by Crippen LogP contribution is 2.20. The Morgan fingerprint density at radius 1 is 1.27 bits per heavy atom. The summed E-state index contributed by atoms with van der Waals surface area (Å²) in [7, 11) is 0. The number of hydrogen-bond acceptors (Lipinski definition) is 5. The van der Waals surface area contributed by atoms with Crippen molar-refractivity contribution in [1.29, 1.82) is 0 Å². The van der Waals surface area contributed by atoms with Crippen LogP contribution in [0.3, 0.4) is 0 Å². The van der Waals surface area contributed by atoms with E-state index in [0.29, 0.717) is 12.5 Å². The third-order valence-corrected chi connectivity index (χ3v) is 4.84. The van der Waals surface area contributed by atoms with E-state index in [1.165, 1.54) is 23.3 Å². The molecule has 1 aliphatic heterocycles. The maximum absolute atomic E-state index is 13.2. The molecule has 1 unspecified atom stereocenters. The van der Waals surface area contributed by atoms with Gasteiger partial charge in [0.15, 0.2) is 6.33 Å². The van der Waals surface area contributed by atoms with Crippen LogP contribution in [0.25, 0.3) is 0 Å². The van der Waals surface area contributed by atoms with Gasteiger partial charge in [0.05, 0.1) is 0 Å². The zero-order chi connectivity index (χ0) is 18.5. The molecule has 3 rings (SSSR count). The number of hydrogen-bond donors (Lipinski definition) is 0. The van der Waals surface area contributed by atoms with Gasteiger partial charge in [-0.25, -0.2) is 4.39 Å². The molecule has 1 aliphatic rings. The molecule has 0 N–H and O–H groups in total. The van der Waals surface area contributed by atoms with Crippen LogP contribution in [0.1, 0.15) is 25.8 Å². The summed E-state index contributed by atoms with van der Waals surface area (Å²) in [4.78, 5) is 18.2. The summed E-state index contributed by atoms with van der Waals surface area (Å²) in [6, 6.07) is 6.90. The van der Waals surface area contributed by atoms with Crippen molar-refractivity contribution in [2.75, 3.05) is 19.6 Å². The monoisotopic (exact) mass is 360 g/mol. The molecule has 1 saturated heterocycles. The predicted molar refractivity (Wildman–Crippen MR) is 94.5 cm³/mol. The predicted octanol–water partition coefficient (Wildman–Crippen LogP) is 1.57. The van der Waals surface area contributed by atoms with Crippen molar-refractivity contribution in [2.45, 2.75) is 39.4 Å². The van der Waals surface area contributed by atoms with E-state index >= 15 is 0 Å². The minimum atomic E-state index is -0.219. The molecule has 0 radical (unpaired) electrons. The third-order valence-electron chi connectivity index (χ3n) is 4.84. The molecule has 2 aromatic rings. The second-order valence-electron chi connectivity index (χ2n) is 7.07. The van der Waals surface area contributed by atoms with Crippen molar-refractivity contribution in [3.05, 3.63) is 42.0 Å². The smallest absolute Gasteiger partial charge is 0.246 e. The fourth-order valence-corrected chi connectivity index (χ4v) is 3.42. The Bertz CT molecular complexity index is 703. The van der Waals surface area contributed by atoms with E-state index in [0.717, 1.165) is 31.6 Å². The Hall–Kier alpha value is -2.35. The first-order valence-electron chi connectivity index (χ1n) is 9.00. The van der Waals surface area contributed by atoms with Crippen LogP contribution in [0.2, 0.25) is 0 Å². The molecule has 1 fully saturated rings. The Labute approximate surface area is 152 Å². The molecule has 1 atom stereocenters. The highest BCUT2D eigenvalue weighted by Gasteiger charge is 2.29. The van der Waals surface area contributed by atoms with Gasteiger partial charge < -0.3 is 4.90 Å². The van der Waals surface area contributed by atoms with Crippen LogP contribution in [-0.4, -0.2) is 61.6 Å². The molecule has 0 saturated carbocycles. The number of amides is 1. The van der Waals surface area contributed by atoms with Crippen LogP contribution in [0, 0.1) is 11.7 Å². The van der Waals surface area contributed by atoms with Gasteiger partial charge in [0, 0.05) is 32.2 Å². The molecule has 140 valence electrons. The minimum absolute atomic E-state index is 0.0114. The van der Waals surface area contributed by atoms with E-state index in [-0.39, 0.29) is 24.3 Å². The van der Waals surface area contributed by atoms with E-state index < -0.39 is 0 Å². The highest BCUT2D eigenvalue weighted by atomic mass is 19.1. The summed E-state index contributed by atoms with van der Waals surface area (Å²) in [6.45, 7) is 7.53. The molecular formula is C18H25FN6O. The van der Waals surface area contributed by atoms with Crippen LogP contribution in [-0.2, 0) is 17.9 Å². The van der Waals surface area contributed by atoms with Gasteiger partial charge in [-0.05, 0) is 35.2 Å². The number of rotatable bonds is 5. The van der Waals surface area contributed by atoms with Crippen LogP contribution in [0.5, 0.6) is 0 Å². The van der Waals surface area contributed by atoms with Gasteiger partial charge in [-0.15, -0.1) is 10.2 Å². The summed E-state index contributed by atoms with van der Waals surface area (Å²) in [5.74, 6) is 0.189. The molecule has 8 heteroatoms. The first kappa shape index (κ1) is 18.4.